The predicted octanol–water partition coefficient (Wildman–Crippen LogP) is 14.1. The van der Waals surface area contributed by atoms with E-state index in [0.717, 1.165) is 33.1 Å². The molecule has 0 aliphatic carbocycles. The first-order valence-electron chi connectivity index (χ1n) is 17.4. The van der Waals surface area contributed by atoms with Gasteiger partial charge in [-0.1, -0.05) is 163 Å². The van der Waals surface area contributed by atoms with Crippen molar-refractivity contribution in [1.29, 1.82) is 0 Å². The molecule has 49 heavy (non-hydrogen) atoms. The summed E-state index contributed by atoms with van der Waals surface area (Å²) in [6.07, 6.45) is 0. The van der Waals surface area contributed by atoms with Gasteiger partial charge in [0.15, 0.2) is 0 Å². The van der Waals surface area contributed by atoms with Gasteiger partial charge in [-0.15, -0.1) is 0 Å². The normalized spacial score (nSPS) is 12.7. The van der Waals surface area contributed by atoms with Crippen LogP contribution in [0.1, 0.15) is 52.7 Å². The van der Waals surface area contributed by atoms with Crippen molar-refractivity contribution in [3.05, 3.63) is 145 Å². The number of para-hydroxylation sites is 2. The summed E-state index contributed by atoms with van der Waals surface area (Å²) in [6.45, 7) is 13.8. The van der Waals surface area contributed by atoms with Gasteiger partial charge in [-0.25, -0.2) is 0 Å². The number of benzene rings is 8. The van der Waals surface area contributed by atoms with Crippen molar-refractivity contribution in [2.75, 3.05) is 0 Å². The molecule has 0 N–H and O–H groups in total. The molecular formula is C48H40O. The SMILES string of the molecule is CC(C)(C)c1cccc(-c2cc(-c3ccc(-c4cccc5c4oc4ccccc45)cc3)c3ccc4cc(C(C)(C)C)cc5ccc2c3c45)c1. The zero-order valence-corrected chi connectivity index (χ0v) is 29.1. The van der Waals surface area contributed by atoms with Crippen molar-refractivity contribution < 1.29 is 4.42 Å². The number of rotatable bonds is 3. The van der Waals surface area contributed by atoms with Crippen LogP contribution < -0.4 is 0 Å². The molecule has 0 saturated heterocycles. The summed E-state index contributed by atoms with van der Waals surface area (Å²) in [7, 11) is 0. The summed E-state index contributed by atoms with van der Waals surface area (Å²) in [4.78, 5) is 0. The fourth-order valence-electron chi connectivity index (χ4n) is 7.78. The molecule has 9 aromatic rings. The lowest BCUT2D eigenvalue weighted by molar-refractivity contribution is 0.590. The van der Waals surface area contributed by atoms with Gasteiger partial charge < -0.3 is 4.42 Å². The Labute approximate surface area is 288 Å². The third-order valence-corrected chi connectivity index (χ3v) is 10.5. The first kappa shape index (κ1) is 29.7. The van der Waals surface area contributed by atoms with E-state index in [1.165, 1.54) is 65.7 Å². The highest BCUT2D eigenvalue weighted by molar-refractivity contribution is 6.28. The Balaban J connectivity index is 1.28. The van der Waals surface area contributed by atoms with E-state index >= 15 is 0 Å². The average Bonchev–Trinajstić information content (AvgIpc) is 3.49. The van der Waals surface area contributed by atoms with Gasteiger partial charge in [0.1, 0.15) is 11.2 Å². The molecule has 1 heterocycles. The first-order valence-corrected chi connectivity index (χ1v) is 17.4. The third-order valence-electron chi connectivity index (χ3n) is 10.5. The van der Waals surface area contributed by atoms with Crippen LogP contribution in [0.3, 0.4) is 0 Å². The molecule has 0 radical (unpaired) electrons. The van der Waals surface area contributed by atoms with Gasteiger partial charge in [0.05, 0.1) is 0 Å². The fourth-order valence-corrected chi connectivity index (χ4v) is 7.78. The molecule has 0 spiro atoms. The Morgan fingerprint density at radius 3 is 1.65 bits per heavy atom. The Morgan fingerprint density at radius 2 is 0.980 bits per heavy atom. The Hall–Kier alpha value is -5.40. The molecule has 0 saturated carbocycles. The molecule has 0 bridgehead atoms. The summed E-state index contributed by atoms with van der Waals surface area (Å²) in [6, 6.07) is 49.6. The maximum absolute atomic E-state index is 6.40. The topological polar surface area (TPSA) is 13.1 Å². The fraction of sp³-hybridized carbons (Fsp3) is 0.167. The smallest absolute Gasteiger partial charge is 0.143 e. The summed E-state index contributed by atoms with van der Waals surface area (Å²) in [5, 5.41) is 10.2. The highest BCUT2D eigenvalue weighted by atomic mass is 16.3. The quantitative estimate of drug-likeness (QED) is 0.177. The Bertz CT molecular complexity index is 2690. The van der Waals surface area contributed by atoms with Crippen molar-refractivity contribution >= 4 is 54.3 Å². The first-order chi connectivity index (χ1) is 23.5. The summed E-state index contributed by atoms with van der Waals surface area (Å²) in [5.41, 5.74) is 12.0. The van der Waals surface area contributed by atoms with Crippen LogP contribution in [-0.2, 0) is 10.8 Å². The molecule has 0 aliphatic heterocycles. The van der Waals surface area contributed by atoms with Crippen molar-refractivity contribution in [3.63, 3.8) is 0 Å². The van der Waals surface area contributed by atoms with E-state index in [1.54, 1.807) is 0 Å². The number of hydrogen-bond donors (Lipinski definition) is 0. The van der Waals surface area contributed by atoms with E-state index in [9.17, 15) is 0 Å². The van der Waals surface area contributed by atoms with Gasteiger partial charge in [0, 0.05) is 16.3 Å². The van der Waals surface area contributed by atoms with Gasteiger partial charge in [0.2, 0.25) is 0 Å². The number of fused-ring (bicyclic) bond motifs is 3. The minimum absolute atomic E-state index is 0.0600. The van der Waals surface area contributed by atoms with Crippen LogP contribution in [0.5, 0.6) is 0 Å². The molecule has 0 amide bonds. The van der Waals surface area contributed by atoms with Gasteiger partial charge >= 0.3 is 0 Å². The van der Waals surface area contributed by atoms with Crippen molar-refractivity contribution in [1.82, 2.24) is 0 Å². The van der Waals surface area contributed by atoms with E-state index < -0.39 is 0 Å². The lowest BCUT2D eigenvalue weighted by atomic mass is 9.81. The van der Waals surface area contributed by atoms with Crippen LogP contribution in [0, 0.1) is 0 Å². The lowest BCUT2D eigenvalue weighted by Gasteiger charge is -2.23. The third kappa shape index (κ3) is 4.75. The second kappa shape index (κ2) is 10.5. The van der Waals surface area contributed by atoms with Crippen LogP contribution in [0.4, 0.5) is 0 Å². The molecule has 8 aromatic carbocycles. The molecule has 238 valence electrons. The highest BCUT2D eigenvalue weighted by Crippen LogP contribution is 2.46. The standard InChI is InChI=1S/C48H40O/c1-47(2,3)34-12-9-11-31(25-34)42-28-41(38-23-21-32-26-35(48(4,5)6)27-33-22-24-39(42)45(38)44(32)33)30-19-17-29(18-20-30)36-14-10-15-40-37-13-7-8-16-43(37)49-46(36)40/h7-28H,1-6H3. The largest absolute Gasteiger partial charge is 0.455 e. The molecule has 1 heteroatoms. The summed E-state index contributed by atoms with van der Waals surface area (Å²) in [5.74, 6) is 0. The maximum atomic E-state index is 6.40. The maximum Gasteiger partial charge on any atom is 0.143 e. The van der Waals surface area contributed by atoms with E-state index in [1.807, 2.05) is 6.07 Å². The van der Waals surface area contributed by atoms with Crippen LogP contribution in [0.15, 0.2) is 138 Å². The number of furan rings is 1. The highest BCUT2D eigenvalue weighted by Gasteiger charge is 2.21. The monoisotopic (exact) mass is 632 g/mol. The molecule has 0 atom stereocenters. The molecule has 0 aliphatic rings. The van der Waals surface area contributed by atoms with Crippen molar-refractivity contribution in [2.45, 2.75) is 52.4 Å². The minimum atomic E-state index is 0.0600. The summed E-state index contributed by atoms with van der Waals surface area (Å²) < 4.78 is 6.40. The molecular weight excluding hydrogens is 593 g/mol. The van der Waals surface area contributed by atoms with Crippen LogP contribution in [0.2, 0.25) is 0 Å². The molecule has 0 unspecified atom stereocenters. The molecule has 1 nitrogen and oxygen atoms in total. The van der Waals surface area contributed by atoms with Crippen LogP contribution >= 0.6 is 0 Å². The van der Waals surface area contributed by atoms with E-state index in [-0.39, 0.29) is 10.8 Å². The van der Waals surface area contributed by atoms with E-state index in [0.29, 0.717) is 0 Å². The average molecular weight is 633 g/mol. The Morgan fingerprint density at radius 1 is 0.388 bits per heavy atom. The van der Waals surface area contributed by atoms with Crippen LogP contribution in [-0.4, -0.2) is 0 Å². The van der Waals surface area contributed by atoms with Crippen LogP contribution in [0.25, 0.3) is 87.6 Å². The van der Waals surface area contributed by atoms with Gasteiger partial charge in [-0.05, 0) is 94.2 Å². The second-order valence-electron chi connectivity index (χ2n) is 15.8. The zero-order valence-electron chi connectivity index (χ0n) is 29.1. The lowest BCUT2D eigenvalue weighted by Crippen LogP contribution is -2.11. The zero-order chi connectivity index (χ0) is 33.7. The van der Waals surface area contributed by atoms with Gasteiger partial charge in [0.25, 0.3) is 0 Å². The summed E-state index contributed by atoms with van der Waals surface area (Å²) >= 11 is 0. The minimum Gasteiger partial charge on any atom is -0.455 e. The number of hydrogen-bond acceptors (Lipinski definition) is 1. The second-order valence-corrected chi connectivity index (χ2v) is 15.8. The van der Waals surface area contributed by atoms with Gasteiger partial charge in [-0.2, -0.15) is 0 Å². The Kier molecular flexibility index (Phi) is 6.40. The van der Waals surface area contributed by atoms with Gasteiger partial charge in [-0.3, -0.25) is 0 Å². The van der Waals surface area contributed by atoms with Crippen molar-refractivity contribution in [3.8, 4) is 33.4 Å². The predicted molar refractivity (Wildman–Crippen MR) is 211 cm³/mol. The molecule has 9 rings (SSSR count). The van der Waals surface area contributed by atoms with E-state index in [2.05, 4.69) is 169 Å². The molecule has 1 aromatic heterocycles. The molecule has 0 fully saturated rings. The van der Waals surface area contributed by atoms with Crippen molar-refractivity contribution in [2.24, 2.45) is 0 Å². The van der Waals surface area contributed by atoms with E-state index in [4.69, 9.17) is 4.42 Å².